The van der Waals surface area contributed by atoms with Crippen molar-refractivity contribution in [1.29, 1.82) is 0 Å². The second kappa shape index (κ2) is 17.0. The third kappa shape index (κ3) is 11.2. The Hall–Kier alpha value is -5.19. The number of aromatic nitrogens is 1. The molecule has 1 fully saturated rings. The second-order valence-electron chi connectivity index (χ2n) is 11.3. The minimum absolute atomic E-state index is 0.0244. The molecule has 5 N–H and O–H groups in total. The maximum absolute atomic E-state index is 13.1. The summed E-state index contributed by atoms with van der Waals surface area (Å²) in [4.78, 5) is 48.0. The number of carbonyl (C=O) groups excluding carboxylic acids is 2. The van der Waals surface area contributed by atoms with Crippen molar-refractivity contribution < 1.29 is 60.5 Å². The van der Waals surface area contributed by atoms with Gasteiger partial charge >= 0.3 is 30.4 Å². The first-order valence-corrected chi connectivity index (χ1v) is 15.1. The lowest BCUT2D eigenvalue weighted by atomic mass is 9.83. The predicted octanol–water partition coefficient (Wildman–Crippen LogP) is 5.06. The standard InChI is InChI=1S/C29H32N4O3.2C2HF3O2/c1-20(27(34)33-29(13-16-30-17-14-29)18-21-8-6-7-15-31-21)32-28(35)36-19-26-24-11-4-2-9-22(24)23-10-3-5-12-25(23)26;2*3-2(4,5)1(6)7/h2-12,15,20,26,30H,13-14,16-19H2,1H3,(H,32,35)(H,33,34);2*(H,6,7)/t20-;;/m1../s1. The van der Waals surface area contributed by atoms with Gasteiger partial charge in [-0.3, -0.25) is 9.78 Å². The summed E-state index contributed by atoms with van der Waals surface area (Å²) in [5, 5.41) is 23.5. The number of hydrogen-bond donors (Lipinski definition) is 5. The molecule has 0 spiro atoms. The Bertz CT molecular complexity index is 1560. The number of benzene rings is 2. The van der Waals surface area contributed by atoms with E-state index >= 15 is 0 Å². The Morgan fingerprint density at radius 1 is 0.860 bits per heavy atom. The lowest BCUT2D eigenvalue weighted by Gasteiger charge is -2.39. The second-order valence-corrected chi connectivity index (χ2v) is 11.3. The minimum Gasteiger partial charge on any atom is -0.475 e. The number of alkyl halides is 6. The van der Waals surface area contributed by atoms with E-state index in [1.807, 2.05) is 42.5 Å². The van der Waals surface area contributed by atoms with Gasteiger partial charge in [0.2, 0.25) is 5.91 Å². The molecule has 11 nitrogen and oxygen atoms in total. The summed E-state index contributed by atoms with van der Waals surface area (Å²) < 4.78 is 69.1. The van der Waals surface area contributed by atoms with Crippen molar-refractivity contribution in [2.24, 2.45) is 0 Å². The number of nitrogens with one attached hydrogen (secondary N) is 3. The molecule has 50 heavy (non-hydrogen) atoms. The Morgan fingerprint density at radius 3 is 1.80 bits per heavy atom. The van der Waals surface area contributed by atoms with Crippen LogP contribution in [-0.4, -0.2) is 82.8 Å². The van der Waals surface area contributed by atoms with Gasteiger partial charge < -0.3 is 30.9 Å². The fourth-order valence-corrected chi connectivity index (χ4v) is 5.35. The van der Waals surface area contributed by atoms with E-state index in [-0.39, 0.29) is 18.4 Å². The highest BCUT2D eigenvalue weighted by molar-refractivity contribution is 5.86. The van der Waals surface area contributed by atoms with Gasteiger partial charge in [-0.25, -0.2) is 14.4 Å². The molecule has 0 unspecified atom stereocenters. The number of aliphatic carboxylic acids is 2. The number of carbonyl (C=O) groups is 4. The molecule has 1 aliphatic heterocycles. The van der Waals surface area contributed by atoms with Gasteiger partial charge in [0.15, 0.2) is 0 Å². The number of alkyl carbamates (subject to hydrolysis) is 1. The zero-order chi connectivity index (χ0) is 37.1. The molecule has 3 aromatic rings. The number of amides is 2. The van der Waals surface area contributed by atoms with Crippen molar-refractivity contribution in [2.75, 3.05) is 19.7 Å². The molecule has 0 bridgehead atoms. The number of halogens is 6. The van der Waals surface area contributed by atoms with Gasteiger partial charge in [-0.2, -0.15) is 26.3 Å². The van der Waals surface area contributed by atoms with Gasteiger partial charge in [-0.05, 0) is 67.2 Å². The highest BCUT2D eigenvalue weighted by Gasteiger charge is 2.39. The van der Waals surface area contributed by atoms with Crippen molar-refractivity contribution in [1.82, 2.24) is 20.9 Å². The van der Waals surface area contributed by atoms with Crippen LogP contribution in [0.2, 0.25) is 0 Å². The summed E-state index contributed by atoms with van der Waals surface area (Å²) in [6, 6.07) is 21.5. The van der Waals surface area contributed by atoms with Crippen LogP contribution in [0.5, 0.6) is 0 Å². The van der Waals surface area contributed by atoms with Gasteiger partial charge in [-0.1, -0.05) is 54.6 Å². The van der Waals surface area contributed by atoms with Crippen molar-refractivity contribution in [3.8, 4) is 11.1 Å². The van der Waals surface area contributed by atoms with Gasteiger partial charge in [-0.15, -0.1) is 0 Å². The smallest absolute Gasteiger partial charge is 0.475 e. The van der Waals surface area contributed by atoms with E-state index in [0.29, 0.717) is 6.42 Å². The van der Waals surface area contributed by atoms with Crippen LogP contribution in [0.25, 0.3) is 11.1 Å². The van der Waals surface area contributed by atoms with Crippen LogP contribution in [-0.2, 0) is 25.5 Å². The first-order valence-electron chi connectivity index (χ1n) is 15.1. The number of hydrogen-bond acceptors (Lipinski definition) is 7. The highest BCUT2D eigenvalue weighted by Crippen LogP contribution is 2.44. The normalized spacial score (nSPS) is 15.3. The molecule has 17 heteroatoms. The van der Waals surface area contributed by atoms with Crippen molar-refractivity contribution >= 4 is 23.9 Å². The highest BCUT2D eigenvalue weighted by atomic mass is 19.4. The molecule has 1 aromatic heterocycles. The van der Waals surface area contributed by atoms with E-state index in [1.165, 1.54) is 11.1 Å². The van der Waals surface area contributed by atoms with E-state index in [1.54, 1.807) is 13.1 Å². The van der Waals surface area contributed by atoms with E-state index in [2.05, 4.69) is 45.2 Å². The number of rotatable bonds is 7. The Labute approximate surface area is 282 Å². The van der Waals surface area contributed by atoms with Crippen molar-refractivity contribution in [3.05, 3.63) is 89.7 Å². The fraction of sp³-hybridized carbons (Fsp3) is 0.364. The molecule has 1 saturated heterocycles. The van der Waals surface area contributed by atoms with E-state index in [9.17, 15) is 35.9 Å². The zero-order valence-corrected chi connectivity index (χ0v) is 26.5. The number of pyridine rings is 1. The summed E-state index contributed by atoms with van der Waals surface area (Å²) in [5.74, 6) is -5.76. The van der Waals surface area contributed by atoms with Crippen molar-refractivity contribution in [2.45, 2.75) is 56.0 Å². The lowest BCUT2D eigenvalue weighted by Crippen LogP contribution is -2.59. The summed E-state index contributed by atoms with van der Waals surface area (Å²) in [7, 11) is 0. The fourth-order valence-electron chi connectivity index (χ4n) is 5.35. The first-order chi connectivity index (χ1) is 23.4. The number of carboxylic acids is 2. The van der Waals surface area contributed by atoms with Crippen LogP contribution >= 0.6 is 0 Å². The molecular formula is C33H34F6N4O7. The van der Waals surface area contributed by atoms with Gasteiger partial charge in [0.1, 0.15) is 12.6 Å². The third-order valence-electron chi connectivity index (χ3n) is 7.75. The first kappa shape index (κ1) is 39.3. The summed E-state index contributed by atoms with van der Waals surface area (Å²) in [5.41, 5.74) is 5.20. The molecule has 0 radical (unpaired) electrons. The van der Waals surface area contributed by atoms with E-state index in [4.69, 9.17) is 24.5 Å². The lowest BCUT2D eigenvalue weighted by molar-refractivity contribution is -0.193. The molecular weight excluding hydrogens is 678 g/mol. The van der Waals surface area contributed by atoms with Crippen LogP contribution in [0, 0.1) is 0 Å². The molecule has 2 aliphatic rings. The maximum Gasteiger partial charge on any atom is 0.490 e. The molecule has 2 aromatic carbocycles. The molecule has 0 saturated carbocycles. The summed E-state index contributed by atoms with van der Waals surface area (Å²) >= 11 is 0. The molecule has 1 aliphatic carbocycles. The monoisotopic (exact) mass is 712 g/mol. The number of piperidine rings is 1. The third-order valence-corrected chi connectivity index (χ3v) is 7.75. The minimum atomic E-state index is -5.08. The molecule has 2 heterocycles. The van der Waals surface area contributed by atoms with Crippen LogP contribution in [0.3, 0.4) is 0 Å². The largest absolute Gasteiger partial charge is 0.490 e. The van der Waals surface area contributed by atoms with E-state index < -0.39 is 42.0 Å². The average molecular weight is 713 g/mol. The maximum atomic E-state index is 13.1. The van der Waals surface area contributed by atoms with Crippen LogP contribution < -0.4 is 16.0 Å². The van der Waals surface area contributed by atoms with Crippen LogP contribution in [0.4, 0.5) is 31.1 Å². The topological polar surface area (TPSA) is 167 Å². The molecule has 5 rings (SSSR count). The molecule has 1 atom stereocenters. The van der Waals surface area contributed by atoms with Crippen LogP contribution in [0.15, 0.2) is 72.9 Å². The van der Waals surface area contributed by atoms with Gasteiger partial charge in [0.25, 0.3) is 0 Å². The number of nitrogens with zero attached hydrogens (tertiary/aromatic N) is 1. The number of ether oxygens (including phenoxy) is 1. The summed E-state index contributed by atoms with van der Waals surface area (Å²) in [6.07, 6.45) is -6.74. The quantitative estimate of drug-likeness (QED) is 0.211. The van der Waals surface area contributed by atoms with Crippen molar-refractivity contribution in [3.63, 3.8) is 0 Å². The van der Waals surface area contributed by atoms with Crippen LogP contribution in [0.1, 0.15) is 42.5 Å². The van der Waals surface area contributed by atoms with E-state index in [0.717, 1.165) is 42.8 Å². The summed E-state index contributed by atoms with van der Waals surface area (Å²) in [6.45, 7) is 3.54. The SMILES string of the molecule is C[C@@H](NC(=O)OCC1c2ccccc2-c2ccccc21)C(=O)NC1(Cc2ccccn2)CCNCC1.O=C(O)C(F)(F)F.O=C(O)C(F)(F)F. The number of carboxylic acid groups (broad SMARTS) is 2. The van der Waals surface area contributed by atoms with Gasteiger partial charge in [0, 0.05) is 29.8 Å². The Kier molecular flexibility index (Phi) is 13.3. The molecule has 2 amide bonds. The Balaban J connectivity index is 0.000000408. The molecule has 270 valence electrons. The predicted molar refractivity (Wildman–Crippen MR) is 166 cm³/mol. The number of fused-ring (bicyclic) bond motifs is 3. The Morgan fingerprint density at radius 2 is 1.34 bits per heavy atom. The van der Waals surface area contributed by atoms with Gasteiger partial charge in [0.05, 0.1) is 0 Å². The average Bonchev–Trinajstić information content (AvgIpc) is 3.38. The zero-order valence-electron chi connectivity index (χ0n) is 26.5.